The van der Waals surface area contributed by atoms with Gasteiger partial charge in [-0.15, -0.1) is 11.3 Å². The molecule has 2 atom stereocenters. The molecule has 2 heterocycles. The molecule has 1 aromatic carbocycles. The molecular weight excluding hydrogens is 384 g/mol. The van der Waals surface area contributed by atoms with Gasteiger partial charge in [0.15, 0.2) is 0 Å². The number of benzene rings is 1. The van der Waals surface area contributed by atoms with Crippen LogP contribution in [0.15, 0.2) is 29.6 Å². The van der Waals surface area contributed by atoms with Crippen LogP contribution in [0.1, 0.15) is 30.7 Å². The van der Waals surface area contributed by atoms with Gasteiger partial charge in [0.05, 0.1) is 22.0 Å². The summed E-state index contributed by atoms with van der Waals surface area (Å²) in [4.78, 5) is 4.49. The van der Waals surface area contributed by atoms with Gasteiger partial charge in [-0.1, -0.05) is 0 Å². The molecule has 1 saturated carbocycles. The number of nitrogens with one attached hydrogen (secondary N) is 1. The van der Waals surface area contributed by atoms with Crippen LogP contribution in [0.2, 0.25) is 0 Å². The quantitative estimate of drug-likeness (QED) is 0.762. The molecule has 8 heteroatoms. The molecule has 0 spiro atoms. The van der Waals surface area contributed by atoms with Gasteiger partial charge in [-0.3, -0.25) is 0 Å². The summed E-state index contributed by atoms with van der Waals surface area (Å²) in [6, 6.07) is 7.58. The highest BCUT2D eigenvalue weighted by atomic mass is 32.2. The number of hydrogen-bond acceptors (Lipinski definition) is 6. The molecule has 0 unspecified atom stereocenters. The molecule has 0 amide bonds. The molecule has 4 rings (SSSR count). The Labute approximate surface area is 164 Å². The summed E-state index contributed by atoms with van der Waals surface area (Å²) in [6.45, 7) is 2.95. The minimum atomic E-state index is -3.23. The minimum absolute atomic E-state index is 0.220. The number of sulfonamides is 1. The van der Waals surface area contributed by atoms with Crippen molar-refractivity contribution in [3.05, 3.63) is 34.7 Å². The number of rotatable bonds is 7. The number of thiazole rings is 1. The van der Waals surface area contributed by atoms with Gasteiger partial charge in [0.2, 0.25) is 10.0 Å². The molecule has 0 radical (unpaired) electrons. The van der Waals surface area contributed by atoms with E-state index in [1.54, 1.807) is 11.3 Å². The van der Waals surface area contributed by atoms with Gasteiger partial charge in [-0.05, 0) is 56.9 Å². The van der Waals surface area contributed by atoms with Crippen LogP contribution in [0, 0.1) is 6.92 Å². The minimum Gasteiger partial charge on any atom is -0.491 e. The first-order valence-corrected chi connectivity index (χ1v) is 11.7. The van der Waals surface area contributed by atoms with Crippen LogP contribution in [0.4, 0.5) is 0 Å². The maximum Gasteiger partial charge on any atom is 0.214 e. The molecular formula is C19H24N2O4S2. The predicted molar refractivity (Wildman–Crippen MR) is 106 cm³/mol. The van der Waals surface area contributed by atoms with Crippen LogP contribution in [0.25, 0.3) is 11.3 Å². The Hall–Kier alpha value is -1.48. The van der Waals surface area contributed by atoms with Crippen LogP contribution in [-0.4, -0.2) is 44.0 Å². The van der Waals surface area contributed by atoms with Crippen LogP contribution in [0.3, 0.4) is 0 Å². The number of aryl methyl sites for hydroxylation is 1. The Balaban J connectivity index is 1.36. The lowest BCUT2D eigenvalue weighted by molar-refractivity contribution is -0.0279. The Morgan fingerprint density at radius 1 is 1.26 bits per heavy atom. The van der Waals surface area contributed by atoms with Crippen molar-refractivity contribution < 1.29 is 17.9 Å². The van der Waals surface area contributed by atoms with E-state index in [4.69, 9.17) is 9.47 Å². The van der Waals surface area contributed by atoms with Crippen molar-refractivity contribution in [3.8, 4) is 17.0 Å². The van der Waals surface area contributed by atoms with Gasteiger partial charge in [0.1, 0.15) is 18.5 Å². The number of nitrogens with zero attached hydrogens (tertiary/aromatic N) is 1. The van der Waals surface area contributed by atoms with Crippen LogP contribution in [0.5, 0.6) is 5.75 Å². The average molecular weight is 409 g/mol. The van der Waals surface area contributed by atoms with E-state index in [1.165, 1.54) is 0 Å². The molecule has 0 bridgehead atoms. The monoisotopic (exact) mass is 408 g/mol. The third kappa shape index (κ3) is 4.68. The smallest absolute Gasteiger partial charge is 0.214 e. The van der Waals surface area contributed by atoms with E-state index < -0.39 is 10.0 Å². The molecule has 1 saturated heterocycles. The molecule has 2 aliphatic rings. The van der Waals surface area contributed by atoms with Gasteiger partial charge in [0.25, 0.3) is 0 Å². The summed E-state index contributed by atoms with van der Waals surface area (Å²) in [5.74, 6) is 0.740. The van der Waals surface area contributed by atoms with E-state index in [2.05, 4.69) is 9.71 Å². The zero-order valence-corrected chi connectivity index (χ0v) is 16.9. The third-order valence-corrected chi connectivity index (χ3v) is 7.66. The van der Waals surface area contributed by atoms with E-state index in [0.717, 1.165) is 47.7 Å². The first kappa shape index (κ1) is 18.9. The van der Waals surface area contributed by atoms with Crippen LogP contribution in [-0.2, 0) is 14.8 Å². The van der Waals surface area contributed by atoms with Crippen molar-refractivity contribution in [1.82, 2.24) is 9.71 Å². The molecule has 1 aromatic heterocycles. The van der Waals surface area contributed by atoms with E-state index in [-0.39, 0.29) is 17.4 Å². The summed E-state index contributed by atoms with van der Waals surface area (Å²) in [5.41, 5.74) is 2.02. The fraction of sp³-hybridized carbons (Fsp3) is 0.526. The standard InChI is InChI=1S/C19H24N2O4S2/c1-13-20-18(12-26-13)14-4-6-15(7-5-14)25-11-19-17(3-2-10-24-19)21-27(22,23)16-8-9-16/h4-7,12,16-17,19,21H,2-3,8-11H2,1H3/t17-,19+/m0/s1. The summed E-state index contributed by atoms with van der Waals surface area (Å²) >= 11 is 1.63. The normalized spacial score (nSPS) is 23.3. The maximum absolute atomic E-state index is 12.2. The highest BCUT2D eigenvalue weighted by Gasteiger charge is 2.39. The predicted octanol–water partition coefficient (Wildman–Crippen LogP) is 3.13. The zero-order valence-electron chi connectivity index (χ0n) is 15.3. The second-order valence-corrected chi connectivity index (χ2v) is 10.2. The van der Waals surface area contributed by atoms with Crippen LogP contribution >= 0.6 is 11.3 Å². The summed E-state index contributed by atoms with van der Waals surface area (Å²) < 4.78 is 39.0. The molecule has 146 valence electrons. The maximum atomic E-state index is 12.2. The van der Waals surface area contributed by atoms with E-state index in [9.17, 15) is 8.42 Å². The highest BCUT2D eigenvalue weighted by molar-refractivity contribution is 7.90. The Bertz CT molecular complexity index is 875. The number of ether oxygens (including phenoxy) is 2. The number of aromatic nitrogens is 1. The molecule has 27 heavy (non-hydrogen) atoms. The zero-order chi connectivity index (χ0) is 18.9. The lowest BCUT2D eigenvalue weighted by atomic mass is 10.0. The molecule has 1 aliphatic heterocycles. The Morgan fingerprint density at radius 3 is 2.70 bits per heavy atom. The fourth-order valence-electron chi connectivity index (χ4n) is 3.22. The van der Waals surface area contributed by atoms with Gasteiger partial charge in [-0.2, -0.15) is 0 Å². The molecule has 1 N–H and O–H groups in total. The summed E-state index contributed by atoms with van der Waals surface area (Å²) in [6.07, 6.45) is 2.88. The number of hydrogen-bond donors (Lipinski definition) is 1. The lowest BCUT2D eigenvalue weighted by Crippen LogP contribution is -2.50. The highest BCUT2D eigenvalue weighted by Crippen LogP contribution is 2.29. The van der Waals surface area contributed by atoms with Gasteiger partial charge < -0.3 is 9.47 Å². The van der Waals surface area contributed by atoms with Crippen molar-refractivity contribution in [2.45, 2.75) is 50.0 Å². The fourth-order valence-corrected chi connectivity index (χ4v) is 5.48. The molecule has 6 nitrogen and oxygen atoms in total. The van der Waals surface area contributed by atoms with Crippen molar-refractivity contribution in [2.24, 2.45) is 0 Å². The first-order chi connectivity index (χ1) is 13.0. The topological polar surface area (TPSA) is 77.5 Å². The SMILES string of the molecule is Cc1nc(-c2ccc(OC[C@H]3OCCC[C@@H]3NS(=O)(=O)C3CC3)cc2)cs1. The lowest BCUT2D eigenvalue weighted by Gasteiger charge is -2.32. The third-order valence-electron chi connectivity index (χ3n) is 4.90. The van der Waals surface area contributed by atoms with E-state index in [1.807, 2.05) is 36.6 Å². The van der Waals surface area contributed by atoms with Crippen molar-refractivity contribution >= 4 is 21.4 Å². The van der Waals surface area contributed by atoms with Crippen molar-refractivity contribution in [1.29, 1.82) is 0 Å². The van der Waals surface area contributed by atoms with Gasteiger partial charge >= 0.3 is 0 Å². The van der Waals surface area contributed by atoms with E-state index in [0.29, 0.717) is 13.2 Å². The second kappa shape index (κ2) is 7.87. The summed E-state index contributed by atoms with van der Waals surface area (Å²) in [7, 11) is -3.23. The Morgan fingerprint density at radius 2 is 2.04 bits per heavy atom. The molecule has 2 fully saturated rings. The van der Waals surface area contributed by atoms with Gasteiger partial charge in [0, 0.05) is 17.6 Å². The second-order valence-electron chi connectivity index (χ2n) is 7.11. The first-order valence-electron chi connectivity index (χ1n) is 9.29. The summed E-state index contributed by atoms with van der Waals surface area (Å²) in [5, 5.41) is 2.86. The van der Waals surface area contributed by atoms with Gasteiger partial charge in [-0.25, -0.2) is 18.1 Å². The average Bonchev–Trinajstić information content (AvgIpc) is 3.44. The largest absolute Gasteiger partial charge is 0.491 e. The van der Waals surface area contributed by atoms with Crippen LogP contribution < -0.4 is 9.46 Å². The van der Waals surface area contributed by atoms with Crippen molar-refractivity contribution in [3.63, 3.8) is 0 Å². The Kier molecular flexibility index (Phi) is 5.50. The van der Waals surface area contributed by atoms with Crippen molar-refractivity contribution in [2.75, 3.05) is 13.2 Å². The molecule has 2 aromatic rings. The molecule has 1 aliphatic carbocycles. The van der Waals surface area contributed by atoms with E-state index >= 15 is 0 Å².